The minimum Gasteiger partial charge on any atom is -0.458 e. The molecule has 4 atom stereocenters. The maximum atomic E-state index is 13.7. The Kier molecular flexibility index (Phi) is 6.67. The summed E-state index contributed by atoms with van der Waals surface area (Å²) in [6.45, 7) is 8.02. The van der Waals surface area contributed by atoms with Gasteiger partial charge in [-0.1, -0.05) is 35.9 Å². The molecule has 1 saturated heterocycles. The largest absolute Gasteiger partial charge is 0.458 e. The van der Waals surface area contributed by atoms with Crippen molar-refractivity contribution < 1.29 is 37.0 Å². The molecule has 0 radical (unpaired) electrons. The van der Waals surface area contributed by atoms with E-state index in [1.54, 1.807) is 45.1 Å². The van der Waals surface area contributed by atoms with E-state index in [9.17, 15) is 22.8 Å². The normalized spacial score (nSPS) is 30.6. The molecular formula is C24H27F3O5. The zero-order chi connectivity index (χ0) is 23.8. The maximum Gasteiger partial charge on any atom is 0.398 e. The molecule has 0 aliphatic carbocycles. The Bertz CT molecular complexity index is 961. The summed E-state index contributed by atoms with van der Waals surface area (Å²) in [6.07, 6.45) is -2.67. The van der Waals surface area contributed by atoms with E-state index in [1.807, 2.05) is 6.92 Å². The van der Waals surface area contributed by atoms with Crippen LogP contribution in [0.2, 0.25) is 0 Å². The third kappa shape index (κ3) is 5.30. The van der Waals surface area contributed by atoms with E-state index in [0.717, 1.165) is 24.6 Å². The molecule has 0 bridgehead atoms. The molecule has 174 valence electrons. The number of rotatable bonds is 0. The molecule has 0 spiro atoms. The quantitative estimate of drug-likeness (QED) is 0.513. The molecular weight excluding hydrogens is 425 g/mol. The van der Waals surface area contributed by atoms with Crippen LogP contribution >= 0.6 is 0 Å². The standard InChI is InChI=1S/C24H27F3O5/c1-13-11-14(2)20-16(12-13)7-6-8-19-21(32-23(4,5)31-19)18(28)10-9-17(24(25,26)27)15(3)30-22(20)29/h6-7,9-12,15,17,19,21H,8H2,1-5H3/b7-6+,10-9-/t15?,17?,19-,21?/m0/s1. The Balaban J connectivity index is 2.10. The first kappa shape index (κ1) is 24.2. The van der Waals surface area contributed by atoms with Crippen LogP contribution in [0.5, 0.6) is 0 Å². The molecule has 1 fully saturated rings. The second-order valence-corrected chi connectivity index (χ2v) is 8.72. The fraction of sp³-hybridized carbons (Fsp3) is 0.500. The Hall–Kier alpha value is -2.45. The molecule has 2 heterocycles. The number of ketones is 1. The predicted octanol–water partition coefficient (Wildman–Crippen LogP) is 5.09. The Morgan fingerprint density at radius 2 is 1.75 bits per heavy atom. The van der Waals surface area contributed by atoms with E-state index in [0.29, 0.717) is 11.1 Å². The number of hydrogen-bond donors (Lipinski definition) is 0. The number of ether oxygens (including phenoxy) is 3. The van der Waals surface area contributed by atoms with Crippen LogP contribution in [0.3, 0.4) is 0 Å². The summed E-state index contributed by atoms with van der Waals surface area (Å²) < 4.78 is 57.9. The van der Waals surface area contributed by atoms with Crippen molar-refractivity contribution in [2.45, 2.75) is 71.3 Å². The molecule has 8 heteroatoms. The molecule has 2 aliphatic heterocycles. The molecule has 3 unspecified atom stereocenters. The predicted molar refractivity (Wildman–Crippen MR) is 112 cm³/mol. The van der Waals surface area contributed by atoms with Crippen molar-refractivity contribution in [2.24, 2.45) is 5.92 Å². The Morgan fingerprint density at radius 3 is 2.41 bits per heavy atom. The number of benzene rings is 1. The van der Waals surface area contributed by atoms with Crippen LogP contribution in [0, 0.1) is 19.8 Å². The van der Waals surface area contributed by atoms with Gasteiger partial charge in [-0.15, -0.1) is 0 Å². The van der Waals surface area contributed by atoms with Crippen molar-refractivity contribution in [3.05, 3.63) is 52.6 Å². The van der Waals surface area contributed by atoms with Gasteiger partial charge >= 0.3 is 12.1 Å². The van der Waals surface area contributed by atoms with Crippen molar-refractivity contribution >= 4 is 17.8 Å². The first-order valence-corrected chi connectivity index (χ1v) is 10.4. The van der Waals surface area contributed by atoms with Crippen LogP contribution in [0.4, 0.5) is 13.2 Å². The van der Waals surface area contributed by atoms with E-state index in [4.69, 9.17) is 14.2 Å². The second kappa shape index (κ2) is 8.83. The molecule has 3 rings (SSSR count). The number of alkyl halides is 3. The summed E-state index contributed by atoms with van der Waals surface area (Å²) in [7, 11) is 0. The summed E-state index contributed by atoms with van der Waals surface area (Å²) in [6, 6.07) is 3.53. The fourth-order valence-corrected chi connectivity index (χ4v) is 4.11. The third-order valence-corrected chi connectivity index (χ3v) is 5.49. The summed E-state index contributed by atoms with van der Waals surface area (Å²) in [4.78, 5) is 25.6. The van der Waals surface area contributed by atoms with Gasteiger partial charge < -0.3 is 14.2 Å². The molecule has 32 heavy (non-hydrogen) atoms. The number of fused-ring (bicyclic) bond motifs is 2. The average Bonchev–Trinajstić information content (AvgIpc) is 2.94. The van der Waals surface area contributed by atoms with Gasteiger partial charge in [0.15, 0.2) is 11.6 Å². The van der Waals surface area contributed by atoms with Gasteiger partial charge in [-0.3, -0.25) is 4.79 Å². The van der Waals surface area contributed by atoms with E-state index in [-0.39, 0.29) is 12.0 Å². The van der Waals surface area contributed by atoms with Crippen molar-refractivity contribution in [3.8, 4) is 0 Å². The molecule has 2 aliphatic rings. The van der Waals surface area contributed by atoms with Gasteiger partial charge in [-0.2, -0.15) is 13.2 Å². The molecule has 0 amide bonds. The number of hydrogen-bond acceptors (Lipinski definition) is 5. The zero-order valence-corrected chi connectivity index (χ0v) is 18.7. The smallest absolute Gasteiger partial charge is 0.398 e. The molecule has 0 aromatic heterocycles. The second-order valence-electron chi connectivity index (χ2n) is 8.72. The molecule has 0 N–H and O–H groups in total. The van der Waals surface area contributed by atoms with Gasteiger partial charge in [0.1, 0.15) is 18.1 Å². The summed E-state index contributed by atoms with van der Waals surface area (Å²) in [5, 5.41) is 0. The average molecular weight is 452 g/mol. The number of carbonyl (C=O) groups excluding carboxylic acids is 2. The van der Waals surface area contributed by atoms with Crippen LogP contribution in [0.25, 0.3) is 6.08 Å². The SMILES string of the molecule is Cc1cc(C)c2c(c1)/C=C/C[C@@H]1OC(C)(C)OC1C(=O)/C=C\C(C(F)(F)F)C(C)OC2=O. The van der Waals surface area contributed by atoms with E-state index < -0.39 is 47.9 Å². The van der Waals surface area contributed by atoms with Gasteiger partial charge in [0, 0.05) is 0 Å². The maximum absolute atomic E-state index is 13.7. The highest BCUT2D eigenvalue weighted by atomic mass is 19.4. The van der Waals surface area contributed by atoms with Crippen LogP contribution in [0.15, 0.2) is 30.4 Å². The molecule has 1 aromatic rings. The fourth-order valence-electron chi connectivity index (χ4n) is 4.11. The molecule has 1 aromatic carbocycles. The lowest BCUT2D eigenvalue weighted by atomic mass is 9.96. The van der Waals surface area contributed by atoms with Crippen LogP contribution < -0.4 is 0 Å². The summed E-state index contributed by atoms with van der Waals surface area (Å²) in [5.41, 5.74) is 2.22. The van der Waals surface area contributed by atoms with Crippen molar-refractivity contribution in [1.82, 2.24) is 0 Å². The minimum absolute atomic E-state index is 0.206. The van der Waals surface area contributed by atoms with Crippen LogP contribution in [0.1, 0.15) is 54.2 Å². The van der Waals surface area contributed by atoms with Crippen LogP contribution in [-0.2, 0) is 19.0 Å². The van der Waals surface area contributed by atoms with E-state index >= 15 is 0 Å². The monoisotopic (exact) mass is 452 g/mol. The number of esters is 1. The number of halogens is 3. The van der Waals surface area contributed by atoms with Gasteiger partial charge in [0.2, 0.25) is 0 Å². The number of cyclic esters (lactones) is 1. The molecule has 0 saturated carbocycles. The Labute approximate surface area is 185 Å². The highest BCUT2D eigenvalue weighted by Gasteiger charge is 2.46. The van der Waals surface area contributed by atoms with Crippen molar-refractivity contribution in [1.29, 1.82) is 0 Å². The van der Waals surface area contributed by atoms with Crippen LogP contribution in [-0.4, -0.2) is 42.0 Å². The van der Waals surface area contributed by atoms with Gasteiger partial charge in [0.25, 0.3) is 0 Å². The van der Waals surface area contributed by atoms with Gasteiger partial charge in [-0.25, -0.2) is 4.79 Å². The first-order chi connectivity index (χ1) is 14.8. The topological polar surface area (TPSA) is 61.8 Å². The lowest BCUT2D eigenvalue weighted by molar-refractivity contribution is -0.182. The van der Waals surface area contributed by atoms with E-state index in [2.05, 4.69) is 0 Å². The first-order valence-electron chi connectivity index (χ1n) is 10.4. The van der Waals surface area contributed by atoms with Gasteiger partial charge in [-0.05, 0) is 58.2 Å². The summed E-state index contributed by atoms with van der Waals surface area (Å²) in [5.74, 6) is -4.69. The lowest BCUT2D eigenvalue weighted by Crippen LogP contribution is -2.35. The summed E-state index contributed by atoms with van der Waals surface area (Å²) >= 11 is 0. The minimum atomic E-state index is -4.72. The number of aryl methyl sites for hydroxylation is 2. The van der Waals surface area contributed by atoms with E-state index in [1.165, 1.54) is 0 Å². The highest BCUT2D eigenvalue weighted by molar-refractivity contribution is 5.96. The lowest BCUT2D eigenvalue weighted by Gasteiger charge is -2.25. The van der Waals surface area contributed by atoms with Crippen molar-refractivity contribution in [2.75, 3.05) is 0 Å². The number of carbonyl (C=O) groups is 2. The van der Waals surface area contributed by atoms with Crippen molar-refractivity contribution in [3.63, 3.8) is 0 Å². The zero-order valence-electron chi connectivity index (χ0n) is 18.7. The van der Waals surface area contributed by atoms with Gasteiger partial charge in [0.05, 0.1) is 11.7 Å². The third-order valence-electron chi connectivity index (χ3n) is 5.49. The highest BCUT2D eigenvalue weighted by Crippen LogP contribution is 2.35. The molecule has 5 nitrogen and oxygen atoms in total. The Morgan fingerprint density at radius 1 is 1.06 bits per heavy atom.